The Hall–Kier alpha value is -0.740. The molecule has 0 aromatic carbocycles. The number of rotatable bonds is 2. The zero-order valence-electron chi connectivity index (χ0n) is 8.91. The normalized spacial score (nSPS) is 12.3. The molecule has 2 aromatic heterocycles. The number of aromatic nitrogens is 3. The van der Waals surface area contributed by atoms with Crippen LogP contribution in [-0.2, 0) is 5.41 Å². The van der Waals surface area contributed by atoms with E-state index in [1.165, 1.54) is 6.33 Å². The van der Waals surface area contributed by atoms with Gasteiger partial charge in [-0.15, -0.1) is 0 Å². The molecule has 0 amide bonds. The lowest BCUT2D eigenvalue weighted by atomic mass is 9.91. The summed E-state index contributed by atoms with van der Waals surface area (Å²) in [5.74, 6) is 0. The minimum Gasteiger partial charge on any atom is -0.236 e. The van der Waals surface area contributed by atoms with E-state index in [9.17, 15) is 0 Å². The van der Waals surface area contributed by atoms with E-state index in [0.717, 1.165) is 21.8 Å². The van der Waals surface area contributed by atoms with Crippen LogP contribution in [0.2, 0.25) is 5.15 Å². The minimum atomic E-state index is 0.0781. The van der Waals surface area contributed by atoms with Gasteiger partial charge in [-0.2, -0.15) is 0 Å². The molecule has 2 heterocycles. The van der Waals surface area contributed by atoms with Gasteiger partial charge in [-0.05, 0) is 6.42 Å². The Morgan fingerprint density at radius 2 is 2.13 bits per heavy atom. The molecule has 3 nitrogen and oxygen atoms in total. The van der Waals surface area contributed by atoms with Crippen LogP contribution in [0.15, 0.2) is 6.33 Å². The fraction of sp³-hybridized carbons (Fsp3) is 0.500. The fourth-order valence-electron chi connectivity index (χ4n) is 1.17. The predicted octanol–water partition coefficient (Wildman–Crippen LogP) is 3.43. The topological polar surface area (TPSA) is 38.7 Å². The highest BCUT2D eigenvalue weighted by atomic mass is 35.5. The van der Waals surface area contributed by atoms with Crippen LogP contribution in [0.5, 0.6) is 0 Å². The average Bonchev–Trinajstić information content (AvgIpc) is 2.64. The van der Waals surface area contributed by atoms with Crippen LogP contribution in [0.1, 0.15) is 32.2 Å². The van der Waals surface area contributed by atoms with Gasteiger partial charge in [0.05, 0.1) is 0 Å². The van der Waals surface area contributed by atoms with E-state index in [1.54, 1.807) is 11.3 Å². The lowest BCUT2D eigenvalue weighted by Gasteiger charge is -2.18. The monoisotopic (exact) mass is 241 g/mol. The van der Waals surface area contributed by atoms with E-state index in [4.69, 9.17) is 11.6 Å². The van der Waals surface area contributed by atoms with E-state index >= 15 is 0 Å². The Bertz CT molecular complexity index is 492. The zero-order valence-corrected chi connectivity index (χ0v) is 10.5. The van der Waals surface area contributed by atoms with Gasteiger partial charge in [-0.25, -0.2) is 15.0 Å². The quantitative estimate of drug-likeness (QED) is 0.757. The second kappa shape index (κ2) is 3.68. The molecular weight excluding hydrogens is 230 g/mol. The third-order valence-corrected chi connectivity index (χ3v) is 4.22. The van der Waals surface area contributed by atoms with Crippen LogP contribution in [0.3, 0.4) is 0 Å². The van der Waals surface area contributed by atoms with Crippen LogP contribution in [0.4, 0.5) is 0 Å². The number of nitrogens with zero attached hydrogens (tertiary/aromatic N) is 3. The highest BCUT2D eigenvalue weighted by molar-refractivity contribution is 7.18. The molecule has 0 atom stereocenters. The Morgan fingerprint density at radius 3 is 2.73 bits per heavy atom. The molecule has 0 saturated carbocycles. The summed E-state index contributed by atoms with van der Waals surface area (Å²) in [6, 6.07) is 0. The van der Waals surface area contributed by atoms with Crippen molar-refractivity contribution in [1.29, 1.82) is 0 Å². The van der Waals surface area contributed by atoms with E-state index < -0.39 is 0 Å². The number of fused-ring (bicyclic) bond motifs is 1. The predicted molar refractivity (Wildman–Crippen MR) is 63.5 cm³/mol. The molecule has 0 N–H and O–H groups in total. The molecule has 0 unspecified atom stereocenters. The molecule has 80 valence electrons. The van der Waals surface area contributed by atoms with Crippen molar-refractivity contribution in [3.05, 3.63) is 16.5 Å². The lowest BCUT2D eigenvalue weighted by molar-refractivity contribution is 0.504. The molecular formula is C10H12ClN3S. The average molecular weight is 242 g/mol. The number of hydrogen-bond donors (Lipinski definition) is 0. The van der Waals surface area contributed by atoms with Gasteiger partial charge in [0.15, 0.2) is 5.15 Å². The van der Waals surface area contributed by atoms with Crippen molar-refractivity contribution < 1.29 is 0 Å². The summed E-state index contributed by atoms with van der Waals surface area (Å²) in [6.45, 7) is 6.50. The van der Waals surface area contributed by atoms with Gasteiger partial charge < -0.3 is 0 Å². The summed E-state index contributed by atoms with van der Waals surface area (Å²) >= 11 is 7.55. The smallest absolute Gasteiger partial charge is 0.159 e. The Morgan fingerprint density at radius 1 is 1.40 bits per heavy atom. The van der Waals surface area contributed by atoms with Crippen LogP contribution >= 0.6 is 22.9 Å². The molecule has 0 fully saturated rings. The van der Waals surface area contributed by atoms with Gasteiger partial charge >= 0.3 is 0 Å². The van der Waals surface area contributed by atoms with Gasteiger partial charge in [0.2, 0.25) is 0 Å². The number of thiazole rings is 1. The molecule has 0 spiro atoms. The summed E-state index contributed by atoms with van der Waals surface area (Å²) in [6.07, 6.45) is 2.52. The highest BCUT2D eigenvalue weighted by Crippen LogP contribution is 2.34. The van der Waals surface area contributed by atoms with Gasteiger partial charge in [0, 0.05) is 5.41 Å². The third-order valence-electron chi connectivity index (χ3n) is 2.61. The first-order valence-electron chi connectivity index (χ1n) is 4.82. The standard InChI is InChI=1S/C10H12ClN3S/c1-4-10(2,3)9-14-6-7(11)12-5-13-8(6)15-9/h5H,4H2,1-3H3. The molecule has 0 aliphatic heterocycles. The second-order valence-corrected chi connectivity index (χ2v) is 5.41. The molecule has 2 rings (SSSR count). The highest BCUT2D eigenvalue weighted by Gasteiger charge is 2.23. The zero-order chi connectivity index (χ0) is 11.1. The van der Waals surface area contributed by atoms with Gasteiger partial charge in [0.1, 0.15) is 21.7 Å². The minimum absolute atomic E-state index is 0.0781. The van der Waals surface area contributed by atoms with Crippen molar-refractivity contribution >= 4 is 33.3 Å². The van der Waals surface area contributed by atoms with Gasteiger partial charge in [-0.3, -0.25) is 0 Å². The summed E-state index contributed by atoms with van der Waals surface area (Å²) in [5.41, 5.74) is 0.801. The lowest BCUT2D eigenvalue weighted by Crippen LogP contribution is -2.14. The summed E-state index contributed by atoms with van der Waals surface area (Å²) in [7, 11) is 0. The second-order valence-electron chi connectivity index (χ2n) is 4.07. The SMILES string of the molecule is CCC(C)(C)c1nc2c(Cl)ncnc2s1. The van der Waals surface area contributed by atoms with Crippen molar-refractivity contribution in [3.63, 3.8) is 0 Å². The van der Waals surface area contributed by atoms with E-state index in [0.29, 0.717) is 5.15 Å². The molecule has 15 heavy (non-hydrogen) atoms. The maximum atomic E-state index is 5.96. The molecule has 0 radical (unpaired) electrons. The fourth-order valence-corrected chi connectivity index (χ4v) is 2.48. The van der Waals surface area contributed by atoms with Crippen molar-refractivity contribution in [3.8, 4) is 0 Å². The van der Waals surface area contributed by atoms with Crippen LogP contribution in [-0.4, -0.2) is 15.0 Å². The molecule has 0 bridgehead atoms. The first kappa shape index (κ1) is 10.8. The van der Waals surface area contributed by atoms with E-state index in [1.807, 2.05) is 0 Å². The molecule has 2 aromatic rings. The van der Waals surface area contributed by atoms with E-state index in [2.05, 4.69) is 35.7 Å². The van der Waals surface area contributed by atoms with Crippen molar-refractivity contribution in [1.82, 2.24) is 15.0 Å². The van der Waals surface area contributed by atoms with Crippen LogP contribution < -0.4 is 0 Å². The number of halogens is 1. The Labute approximate surface area is 97.5 Å². The summed E-state index contributed by atoms with van der Waals surface area (Å²) < 4.78 is 0. The largest absolute Gasteiger partial charge is 0.236 e. The maximum absolute atomic E-state index is 5.96. The van der Waals surface area contributed by atoms with Crippen LogP contribution in [0.25, 0.3) is 10.3 Å². The Kier molecular flexibility index (Phi) is 2.64. The third kappa shape index (κ3) is 1.84. The summed E-state index contributed by atoms with van der Waals surface area (Å²) in [4.78, 5) is 13.5. The first-order valence-corrected chi connectivity index (χ1v) is 6.01. The molecule has 0 aliphatic carbocycles. The Balaban J connectivity index is 2.62. The van der Waals surface area contributed by atoms with Gasteiger partial charge in [0.25, 0.3) is 0 Å². The number of hydrogen-bond acceptors (Lipinski definition) is 4. The molecule has 0 aliphatic rings. The molecule has 0 saturated heterocycles. The van der Waals surface area contributed by atoms with Gasteiger partial charge in [-0.1, -0.05) is 43.7 Å². The van der Waals surface area contributed by atoms with Crippen molar-refractivity contribution in [2.45, 2.75) is 32.6 Å². The van der Waals surface area contributed by atoms with E-state index in [-0.39, 0.29) is 5.41 Å². The van der Waals surface area contributed by atoms with Crippen molar-refractivity contribution in [2.24, 2.45) is 0 Å². The first-order chi connectivity index (χ1) is 7.04. The van der Waals surface area contributed by atoms with Crippen LogP contribution in [0, 0.1) is 0 Å². The summed E-state index contributed by atoms with van der Waals surface area (Å²) in [5, 5.41) is 1.51. The molecule has 5 heteroatoms. The van der Waals surface area contributed by atoms with Crippen molar-refractivity contribution in [2.75, 3.05) is 0 Å². The maximum Gasteiger partial charge on any atom is 0.159 e.